The van der Waals surface area contributed by atoms with Crippen molar-refractivity contribution in [1.29, 1.82) is 0 Å². The molecule has 5 aliphatic rings. The van der Waals surface area contributed by atoms with Gasteiger partial charge in [-0.2, -0.15) is 0 Å². The van der Waals surface area contributed by atoms with Gasteiger partial charge in [0.1, 0.15) is 12.2 Å². The molecule has 5 rings (SSSR count). The minimum absolute atomic E-state index is 0.00344. The summed E-state index contributed by atoms with van der Waals surface area (Å²) in [5.41, 5.74) is 0.743. The number of hydrogen-bond acceptors (Lipinski definition) is 4. The second-order valence-electron chi connectivity index (χ2n) is 8.86. The molecule has 0 spiro atoms. The standard InChI is InChI=1S/C19H24O4/c1-18-6-4-14-16(23-14)11(18)8-12(20)15-9(18)3-5-19(2)10(15)7-13(21)17(19)22/h8-10,13-16,21H,3-7H2,1-2H3/t9-,10+,13?,14?,15-,16?,18-,19+/m1/s1. The molecule has 1 aliphatic heterocycles. The third kappa shape index (κ3) is 1.59. The summed E-state index contributed by atoms with van der Waals surface area (Å²) in [6.45, 7) is 4.28. The largest absolute Gasteiger partial charge is 0.385 e. The number of rotatable bonds is 0. The Bertz CT molecular complexity index is 652. The van der Waals surface area contributed by atoms with Crippen LogP contribution in [-0.2, 0) is 14.3 Å². The maximum Gasteiger partial charge on any atom is 0.167 e. The molecule has 1 heterocycles. The molecule has 0 aromatic carbocycles. The molecule has 0 aromatic rings. The second-order valence-corrected chi connectivity index (χ2v) is 8.86. The van der Waals surface area contributed by atoms with Crippen LogP contribution in [0.4, 0.5) is 0 Å². The first-order chi connectivity index (χ1) is 10.9. The number of Topliss-reactive ketones (excluding diaryl/α,β-unsaturated/α-hetero) is 1. The normalized spacial score (nSPS) is 57.1. The second kappa shape index (κ2) is 4.15. The molecule has 3 unspecified atom stereocenters. The lowest BCUT2D eigenvalue weighted by molar-refractivity contribution is -0.141. The van der Waals surface area contributed by atoms with Gasteiger partial charge in [-0.25, -0.2) is 0 Å². The summed E-state index contributed by atoms with van der Waals surface area (Å²) in [6, 6.07) is 0. The number of epoxide rings is 1. The number of carbonyl (C=O) groups is 2. The maximum atomic E-state index is 13.0. The van der Waals surface area contributed by atoms with Gasteiger partial charge in [0.15, 0.2) is 11.6 Å². The van der Waals surface area contributed by atoms with Crippen molar-refractivity contribution in [3.8, 4) is 0 Å². The Hall–Kier alpha value is -1.00. The molecular weight excluding hydrogens is 292 g/mol. The van der Waals surface area contributed by atoms with Crippen LogP contribution in [0.25, 0.3) is 0 Å². The molecule has 8 atom stereocenters. The van der Waals surface area contributed by atoms with E-state index in [1.165, 1.54) is 5.57 Å². The van der Waals surface area contributed by atoms with E-state index in [9.17, 15) is 14.7 Å². The fourth-order valence-electron chi connectivity index (χ4n) is 6.49. The summed E-state index contributed by atoms with van der Waals surface area (Å²) in [6.07, 6.45) is 5.82. The van der Waals surface area contributed by atoms with Crippen LogP contribution >= 0.6 is 0 Å². The molecule has 0 amide bonds. The van der Waals surface area contributed by atoms with Crippen LogP contribution in [0.3, 0.4) is 0 Å². The zero-order chi connectivity index (χ0) is 16.1. The molecule has 124 valence electrons. The van der Waals surface area contributed by atoms with Gasteiger partial charge in [-0.1, -0.05) is 13.8 Å². The van der Waals surface area contributed by atoms with Crippen LogP contribution in [0.2, 0.25) is 0 Å². The monoisotopic (exact) mass is 316 g/mol. The van der Waals surface area contributed by atoms with Crippen LogP contribution in [0.15, 0.2) is 11.6 Å². The van der Waals surface area contributed by atoms with Gasteiger partial charge in [-0.3, -0.25) is 9.59 Å². The van der Waals surface area contributed by atoms with E-state index in [1.54, 1.807) is 0 Å². The summed E-state index contributed by atoms with van der Waals surface area (Å²) in [5, 5.41) is 10.1. The first-order valence-corrected chi connectivity index (χ1v) is 9.00. The highest BCUT2D eigenvalue weighted by molar-refractivity contribution is 5.98. The molecule has 0 bridgehead atoms. The summed E-state index contributed by atoms with van der Waals surface area (Å²) in [4.78, 5) is 25.4. The molecule has 4 fully saturated rings. The lowest BCUT2D eigenvalue weighted by Crippen LogP contribution is -2.53. The number of aliphatic hydroxyl groups is 1. The summed E-state index contributed by atoms with van der Waals surface area (Å²) >= 11 is 0. The minimum atomic E-state index is -0.878. The Kier molecular flexibility index (Phi) is 2.59. The molecule has 4 heteroatoms. The Labute approximate surface area is 136 Å². The average Bonchev–Trinajstić information content (AvgIpc) is 3.25. The minimum Gasteiger partial charge on any atom is -0.385 e. The van der Waals surface area contributed by atoms with Gasteiger partial charge in [0.05, 0.1) is 6.10 Å². The Morgan fingerprint density at radius 1 is 1.13 bits per heavy atom. The molecule has 1 saturated heterocycles. The van der Waals surface area contributed by atoms with Gasteiger partial charge in [-0.05, 0) is 61.0 Å². The van der Waals surface area contributed by atoms with E-state index in [4.69, 9.17) is 4.74 Å². The van der Waals surface area contributed by atoms with Crippen molar-refractivity contribution >= 4 is 11.6 Å². The average molecular weight is 316 g/mol. The van der Waals surface area contributed by atoms with Crippen molar-refractivity contribution in [3.63, 3.8) is 0 Å². The lowest BCUT2D eigenvalue weighted by Gasteiger charge is -2.54. The van der Waals surface area contributed by atoms with Gasteiger partial charge < -0.3 is 9.84 Å². The van der Waals surface area contributed by atoms with E-state index < -0.39 is 11.5 Å². The molecule has 0 aromatic heterocycles. The predicted octanol–water partition coefficient (Wildman–Crippen LogP) is 2.05. The third-order valence-corrected chi connectivity index (χ3v) is 7.94. The first kappa shape index (κ1) is 14.4. The Morgan fingerprint density at radius 3 is 2.65 bits per heavy atom. The van der Waals surface area contributed by atoms with Crippen molar-refractivity contribution in [2.45, 2.75) is 64.3 Å². The molecule has 23 heavy (non-hydrogen) atoms. The maximum absolute atomic E-state index is 13.0. The predicted molar refractivity (Wildman–Crippen MR) is 82.5 cm³/mol. The highest BCUT2D eigenvalue weighted by atomic mass is 16.6. The topological polar surface area (TPSA) is 66.9 Å². The van der Waals surface area contributed by atoms with Crippen molar-refractivity contribution < 1.29 is 19.4 Å². The summed E-state index contributed by atoms with van der Waals surface area (Å²) < 4.78 is 5.77. The van der Waals surface area contributed by atoms with Crippen LogP contribution in [0, 0.1) is 28.6 Å². The SMILES string of the molecule is C[C@]12CCC3OC3C1=CC(=O)[C@@H]1[C@H]2CC[C@]2(C)C(=O)C(O)C[C@@H]12. The smallest absolute Gasteiger partial charge is 0.167 e. The number of carbonyl (C=O) groups excluding carboxylic acids is 2. The van der Waals surface area contributed by atoms with Crippen molar-refractivity contribution in [2.75, 3.05) is 0 Å². The number of allylic oxidation sites excluding steroid dienone is 1. The van der Waals surface area contributed by atoms with E-state index in [1.807, 2.05) is 13.0 Å². The van der Waals surface area contributed by atoms with Gasteiger partial charge in [0, 0.05) is 11.3 Å². The van der Waals surface area contributed by atoms with Crippen LogP contribution in [0.1, 0.15) is 46.0 Å². The van der Waals surface area contributed by atoms with Crippen LogP contribution < -0.4 is 0 Å². The molecule has 4 nitrogen and oxygen atoms in total. The molecule has 3 saturated carbocycles. The summed E-state index contributed by atoms with van der Waals surface area (Å²) in [7, 11) is 0. The van der Waals surface area contributed by atoms with Crippen molar-refractivity contribution in [2.24, 2.45) is 28.6 Å². The number of hydrogen-bond donors (Lipinski definition) is 1. The van der Waals surface area contributed by atoms with Gasteiger partial charge in [0.25, 0.3) is 0 Å². The van der Waals surface area contributed by atoms with Gasteiger partial charge in [-0.15, -0.1) is 0 Å². The van der Waals surface area contributed by atoms with Crippen molar-refractivity contribution in [1.82, 2.24) is 0 Å². The zero-order valence-electron chi connectivity index (χ0n) is 13.7. The number of fused-ring (bicyclic) bond motifs is 7. The van der Waals surface area contributed by atoms with E-state index in [0.29, 0.717) is 18.4 Å². The van der Waals surface area contributed by atoms with E-state index >= 15 is 0 Å². The molecule has 1 N–H and O–H groups in total. The Morgan fingerprint density at radius 2 is 1.87 bits per heavy atom. The van der Waals surface area contributed by atoms with E-state index in [-0.39, 0.29) is 34.9 Å². The lowest BCUT2D eigenvalue weighted by atomic mass is 9.48. The number of ketones is 2. The quantitative estimate of drug-likeness (QED) is 0.695. The van der Waals surface area contributed by atoms with Crippen LogP contribution in [0.5, 0.6) is 0 Å². The van der Waals surface area contributed by atoms with Crippen LogP contribution in [-0.4, -0.2) is 35.0 Å². The van der Waals surface area contributed by atoms with Crippen molar-refractivity contribution in [3.05, 3.63) is 11.6 Å². The highest BCUT2D eigenvalue weighted by Crippen LogP contribution is 2.65. The van der Waals surface area contributed by atoms with Gasteiger partial charge in [0.2, 0.25) is 0 Å². The summed E-state index contributed by atoms with van der Waals surface area (Å²) in [5.74, 6) is 0.346. The first-order valence-electron chi connectivity index (χ1n) is 9.00. The molecule has 0 radical (unpaired) electrons. The number of aliphatic hydroxyl groups excluding tert-OH is 1. The Balaban J connectivity index is 1.60. The van der Waals surface area contributed by atoms with E-state index in [0.717, 1.165) is 25.7 Å². The zero-order valence-corrected chi connectivity index (χ0v) is 13.7. The third-order valence-electron chi connectivity index (χ3n) is 7.94. The highest BCUT2D eigenvalue weighted by Gasteiger charge is 2.65. The molecule has 4 aliphatic carbocycles. The fourth-order valence-corrected chi connectivity index (χ4v) is 6.49. The number of ether oxygens (including phenoxy) is 1. The van der Waals surface area contributed by atoms with E-state index in [2.05, 4.69) is 6.92 Å². The molecular formula is C19H24O4. The van der Waals surface area contributed by atoms with Gasteiger partial charge >= 0.3 is 0 Å². The fraction of sp³-hybridized carbons (Fsp3) is 0.789.